The quantitative estimate of drug-likeness (QED) is 0.333. The van der Waals surface area contributed by atoms with Gasteiger partial charge in [0.1, 0.15) is 0 Å². The molecule has 0 aromatic carbocycles. The predicted molar refractivity (Wildman–Crippen MR) is 86.9 cm³/mol. The Kier molecular flexibility index (Phi) is 35.1. The van der Waals surface area contributed by atoms with E-state index < -0.39 is 0 Å². The van der Waals surface area contributed by atoms with E-state index in [1.807, 2.05) is 0 Å². The summed E-state index contributed by atoms with van der Waals surface area (Å²) < 4.78 is 0. The zero-order valence-corrected chi connectivity index (χ0v) is 14.5. The molecular formula is C12H31CuN5O6. The van der Waals surface area contributed by atoms with Gasteiger partial charge in [0.05, 0.1) is 0 Å². The van der Waals surface area contributed by atoms with Crippen LogP contribution in [0.25, 0.3) is 0 Å². The minimum Gasteiger partial charge on any atom is -0.861 e. The molecule has 12 heteroatoms. The van der Waals surface area contributed by atoms with Crippen molar-refractivity contribution in [3.05, 3.63) is 0 Å². The Bertz CT molecular complexity index is 282. The van der Waals surface area contributed by atoms with Gasteiger partial charge < -0.3 is 58.1 Å². The molecule has 0 bridgehead atoms. The summed E-state index contributed by atoms with van der Waals surface area (Å²) in [4.78, 5) is 7.80. The van der Waals surface area contributed by atoms with E-state index in [9.17, 15) is 10.2 Å². The summed E-state index contributed by atoms with van der Waals surface area (Å²) in [6.07, 6.45) is 1.69. The zero-order valence-electron chi connectivity index (χ0n) is 13.6. The summed E-state index contributed by atoms with van der Waals surface area (Å²) in [5.41, 5.74) is 0. The van der Waals surface area contributed by atoms with Crippen molar-refractivity contribution in [2.75, 3.05) is 52.4 Å². The van der Waals surface area contributed by atoms with Crippen LogP contribution < -0.4 is 26.2 Å². The van der Waals surface area contributed by atoms with Crippen molar-refractivity contribution in [2.24, 2.45) is 9.98 Å². The van der Waals surface area contributed by atoms with Gasteiger partial charge in [-0.15, -0.1) is 0 Å². The second kappa shape index (κ2) is 24.4. The molecule has 151 valence electrons. The first kappa shape index (κ1) is 34.5. The molecule has 24 heavy (non-hydrogen) atoms. The third kappa shape index (κ3) is 21.2. The summed E-state index contributed by atoms with van der Waals surface area (Å²) in [7, 11) is 0. The van der Waals surface area contributed by atoms with Gasteiger partial charge in [-0.3, -0.25) is 0 Å². The average Bonchev–Trinajstić information content (AvgIpc) is 2.39. The fraction of sp³-hybridized carbons (Fsp3) is 0.833. The molecular weight excluding hydrogens is 374 g/mol. The Labute approximate surface area is 152 Å². The molecule has 0 saturated carbocycles. The molecule has 1 radical (unpaired) electrons. The SMILES string of the molecule is O.O.O.O.[Cu+2].[O-]C1=NCCCNCCNCCCN=C([O-])CNC1. The molecule has 1 rings (SSSR count). The summed E-state index contributed by atoms with van der Waals surface area (Å²) in [6, 6.07) is 0. The number of hydrogen-bond acceptors (Lipinski definition) is 7. The molecule has 11 N–H and O–H groups in total. The Morgan fingerprint density at radius 1 is 0.625 bits per heavy atom. The molecule has 0 aliphatic carbocycles. The standard InChI is InChI=1S/C12H25N5O2.Cu.4H2O/c18-11-9-15-10-12(19)17-6-2-4-14-8-7-13-3-1-5-16-11;;;;;/h13-15H,1-10H2,(H,16,18)(H,17,19);;4*1H2/q;+2;;;;/p-2. The van der Waals surface area contributed by atoms with E-state index in [0.717, 1.165) is 39.0 Å². The number of rotatable bonds is 0. The Morgan fingerprint density at radius 2 is 1.00 bits per heavy atom. The van der Waals surface area contributed by atoms with E-state index in [4.69, 9.17) is 0 Å². The smallest absolute Gasteiger partial charge is 0.861 e. The molecule has 1 aliphatic rings. The van der Waals surface area contributed by atoms with Crippen LogP contribution in [0.1, 0.15) is 12.8 Å². The summed E-state index contributed by atoms with van der Waals surface area (Å²) in [6.45, 7) is 4.78. The normalized spacial score (nSPS) is 17.5. The first-order chi connectivity index (χ1) is 9.29. The molecule has 0 aromatic heterocycles. The van der Waals surface area contributed by atoms with Gasteiger partial charge in [-0.2, -0.15) is 0 Å². The molecule has 0 spiro atoms. The first-order valence-corrected chi connectivity index (χ1v) is 6.82. The van der Waals surface area contributed by atoms with Crippen LogP contribution in [0.15, 0.2) is 9.98 Å². The number of aliphatic imine (C=N–C) groups is 2. The molecule has 0 atom stereocenters. The van der Waals surface area contributed by atoms with Crippen LogP contribution in [0.2, 0.25) is 0 Å². The van der Waals surface area contributed by atoms with Crippen LogP contribution >= 0.6 is 0 Å². The predicted octanol–water partition coefficient (Wildman–Crippen LogP) is -6.23. The molecule has 1 aliphatic heterocycles. The minimum atomic E-state index is -0.209. The van der Waals surface area contributed by atoms with Crippen molar-refractivity contribution in [3.8, 4) is 0 Å². The zero-order chi connectivity index (χ0) is 13.8. The van der Waals surface area contributed by atoms with Crippen molar-refractivity contribution < 1.29 is 49.2 Å². The third-order valence-electron chi connectivity index (χ3n) is 2.63. The molecule has 0 amide bonds. The molecule has 0 unspecified atom stereocenters. The summed E-state index contributed by atoms with van der Waals surface area (Å²) in [5, 5.41) is 32.0. The van der Waals surface area contributed by atoms with Crippen molar-refractivity contribution in [2.45, 2.75) is 12.8 Å². The molecule has 0 saturated heterocycles. The van der Waals surface area contributed by atoms with E-state index in [1.165, 1.54) is 0 Å². The van der Waals surface area contributed by atoms with Crippen LogP contribution in [0.5, 0.6) is 0 Å². The maximum absolute atomic E-state index is 11.3. The maximum Gasteiger partial charge on any atom is 2.00 e. The van der Waals surface area contributed by atoms with Crippen LogP contribution in [0, 0.1) is 0 Å². The fourth-order valence-electron chi connectivity index (χ4n) is 1.63. The first-order valence-electron chi connectivity index (χ1n) is 6.82. The monoisotopic (exact) mass is 404 g/mol. The van der Waals surface area contributed by atoms with Gasteiger partial charge in [-0.05, 0) is 37.7 Å². The summed E-state index contributed by atoms with van der Waals surface area (Å²) in [5.74, 6) is -0.419. The van der Waals surface area contributed by atoms with Gasteiger partial charge >= 0.3 is 17.1 Å². The van der Waals surface area contributed by atoms with Crippen LogP contribution in [0.3, 0.4) is 0 Å². The van der Waals surface area contributed by atoms with Gasteiger partial charge in [-0.25, -0.2) is 0 Å². The van der Waals surface area contributed by atoms with Gasteiger partial charge in [-0.1, -0.05) is 0 Å². The minimum absolute atomic E-state index is 0. The van der Waals surface area contributed by atoms with Crippen molar-refractivity contribution in [1.82, 2.24) is 16.0 Å². The second-order valence-corrected chi connectivity index (χ2v) is 4.36. The van der Waals surface area contributed by atoms with E-state index >= 15 is 0 Å². The molecule has 0 fully saturated rings. The number of nitrogens with zero attached hydrogens (tertiary/aromatic N) is 2. The second-order valence-electron chi connectivity index (χ2n) is 4.36. The van der Waals surface area contributed by atoms with E-state index in [0.29, 0.717) is 13.1 Å². The van der Waals surface area contributed by atoms with Gasteiger partial charge in [0.25, 0.3) is 0 Å². The van der Waals surface area contributed by atoms with Crippen molar-refractivity contribution in [3.63, 3.8) is 0 Å². The summed E-state index contributed by atoms with van der Waals surface area (Å²) >= 11 is 0. The molecule has 11 nitrogen and oxygen atoms in total. The van der Waals surface area contributed by atoms with Crippen LogP contribution in [-0.2, 0) is 17.1 Å². The number of nitrogens with one attached hydrogen (secondary N) is 3. The van der Waals surface area contributed by atoms with E-state index in [1.54, 1.807) is 0 Å². The Hall–Kier alpha value is -0.821. The Balaban J connectivity index is -0.000000241. The molecule has 1 heterocycles. The topological polar surface area (TPSA) is 233 Å². The van der Waals surface area contributed by atoms with Crippen LogP contribution in [-0.4, -0.2) is 86.1 Å². The largest absolute Gasteiger partial charge is 2.00 e. The average molecular weight is 405 g/mol. The Morgan fingerprint density at radius 3 is 1.38 bits per heavy atom. The fourth-order valence-corrected chi connectivity index (χ4v) is 1.63. The van der Waals surface area contributed by atoms with Crippen molar-refractivity contribution >= 4 is 11.8 Å². The number of hydrogen-bond donors (Lipinski definition) is 3. The molecule has 0 aromatic rings. The van der Waals surface area contributed by atoms with Crippen molar-refractivity contribution in [1.29, 1.82) is 0 Å². The third-order valence-corrected chi connectivity index (χ3v) is 2.63. The van der Waals surface area contributed by atoms with Crippen LogP contribution in [0.4, 0.5) is 0 Å². The van der Waals surface area contributed by atoms with Gasteiger partial charge in [0.15, 0.2) is 0 Å². The van der Waals surface area contributed by atoms with E-state index in [2.05, 4.69) is 25.9 Å². The van der Waals surface area contributed by atoms with Gasteiger partial charge in [0, 0.05) is 39.3 Å². The van der Waals surface area contributed by atoms with Gasteiger partial charge in [0.2, 0.25) is 0 Å². The van der Waals surface area contributed by atoms with E-state index in [-0.39, 0.29) is 63.9 Å². The maximum atomic E-state index is 11.3.